The van der Waals surface area contributed by atoms with Gasteiger partial charge in [-0.2, -0.15) is 0 Å². The number of rotatable bonds is 8. The summed E-state index contributed by atoms with van der Waals surface area (Å²) in [6.45, 7) is 5.42. The summed E-state index contributed by atoms with van der Waals surface area (Å²) >= 11 is 0. The van der Waals surface area contributed by atoms with Gasteiger partial charge in [-0.05, 0) is 19.4 Å². The fourth-order valence-electron chi connectivity index (χ4n) is 1.88. The smallest absolute Gasteiger partial charge is 0.273 e. The molecule has 1 N–H and O–H groups in total. The summed E-state index contributed by atoms with van der Waals surface area (Å²) in [4.78, 5) is 12.6. The molecular formula is C14H23N3O3. The Hall–Kier alpha value is -1.82. The zero-order valence-corrected chi connectivity index (χ0v) is 12.5. The maximum atomic E-state index is 11.0. The lowest BCUT2D eigenvalue weighted by Gasteiger charge is -2.26. The van der Waals surface area contributed by atoms with Crippen molar-refractivity contribution in [2.45, 2.75) is 26.3 Å². The molecule has 1 unspecified atom stereocenters. The first-order valence-electron chi connectivity index (χ1n) is 6.74. The van der Waals surface area contributed by atoms with Crippen molar-refractivity contribution in [3.8, 4) is 0 Å². The van der Waals surface area contributed by atoms with Crippen molar-refractivity contribution in [1.29, 1.82) is 0 Å². The van der Waals surface area contributed by atoms with Crippen LogP contribution in [0.4, 0.5) is 17.1 Å². The van der Waals surface area contributed by atoms with E-state index >= 15 is 0 Å². The topological polar surface area (TPSA) is 67.6 Å². The number of hydrogen-bond acceptors (Lipinski definition) is 5. The van der Waals surface area contributed by atoms with Gasteiger partial charge in [0.1, 0.15) is 0 Å². The minimum atomic E-state index is -0.366. The quantitative estimate of drug-likeness (QED) is 0.586. The lowest BCUT2D eigenvalue weighted by atomic mass is 10.2. The molecule has 0 spiro atoms. The third-order valence-corrected chi connectivity index (χ3v) is 3.17. The Labute approximate surface area is 119 Å². The average molecular weight is 281 g/mol. The lowest BCUT2D eigenvalue weighted by molar-refractivity contribution is -0.384. The second-order valence-corrected chi connectivity index (χ2v) is 4.84. The Balaban J connectivity index is 3.04. The molecule has 0 aliphatic heterocycles. The van der Waals surface area contributed by atoms with Crippen molar-refractivity contribution >= 4 is 17.1 Å². The van der Waals surface area contributed by atoms with E-state index in [1.807, 2.05) is 24.9 Å². The molecule has 112 valence electrons. The molecular weight excluding hydrogens is 258 g/mol. The predicted octanol–water partition coefficient (Wildman–Crippen LogP) is 2.89. The molecule has 0 bridgehead atoms. The first-order valence-corrected chi connectivity index (χ1v) is 6.74. The van der Waals surface area contributed by atoms with E-state index < -0.39 is 0 Å². The van der Waals surface area contributed by atoms with Crippen LogP contribution >= 0.6 is 0 Å². The zero-order valence-electron chi connectivity index (χ0n) is 12.5. The van der Waals surface area contributed by atoms with E-state index in [2.05, 4.69) is 12.2 Å². The molecule has 6 nitrogen and oxygen atoms in total. The van der Waals surface area contributed by atoms with Gasteiger partial charge in [0.2, 0.25) is 0 Å². The Bertz CT molecular complexity index is 451. The minimum Gasteiger partial charge on any atom is -0.385 e. The highest BCUT2D eigenvalue weighted by Crippen LogP contribution is 2.27. The van der Waals surface area contributed by atoms with Gasteiger partial charge in [0.05, 0.1) is 11.5 Å². The van der Waals surface area contributed by atoms with Gasteiger partial charge in [-0.25, -0.2) is 0 Å². The Morgan fingerprint density at radius 3 is 2.70 bits per heavy atom. The molecule has 20 heavy (non-hydrogen) atoms. The first kappa shape index (κ1) is 16.2. The summed E-state index contributed by atoms with van der Waals surface area (Å²) in [5.41, 5.74) is 1.67. The zero-order chi connectivity index (χ0) is 15.1. The van der Waals surface area contributed by atoms with Crippen LogP contribution in [0.5, 0.6) is 0 Å². The van der Waals surface area contributed by atoms with Crippen molar-refractivity contribution < 1.29 is 9.66 Å². The maximum Gasteiger partial charge on any atom is 0.273 e. The van der Waals surface area contributed by atoms with E-state index in [1.165, 1.54) is 0 Å². The highest BCUT2D eigenvalue weighted by Gasteiger charge is 2.15. The molecule has 1 aromatic carbocycles. The summed E-state index contributed by atoms with van der Waals surface area (Å²) in [6, 6.07) is 5.22. The molecule has 0 aromatic heterocycles. The van der Waals surface area contributed by atoms with Crippen LogP contribution in [0.1, 0.15) is 20.3 Å². The largest absolute Gasteiger partial charge is 0.385 e. The van der Waals surface area contributed by atoms with Crippen LogP contribution in [0.15, 0.2) is 18.2 Å². The number of anilines is 2. The first-order chi connectivity index (χ1) is 9.49. The number of hydrogen-bond donors (Lipinski definition) is 1. The fourth-order valence-corrected chi connectivity index (χ4v) is 1.88. The van der Waals surface area contributed by atoms with Gasteiger partial charge in [0.15, 0.2) is 0 Å². The average Bonchev–Trinajstić information content (AvgIpc) is 2.44. The van der Waals surface area contributed by atoms with E-state index in [4.69, 9.17) is 4.74 Å². The highest BCUT2D eigenvalue weighted by molar-refractivity contribution is 5.64. The molecule has 0 saturated heterocycles. The van der Waals surface area contributed by atoms with Crippen molar-refractivity contribution in [3.05, 3.63) is 28.3 Å². The van der Waals surface area contributed by atoms with Gasteiger partial charge in [-0.15, -0.1) is 0 Å². The van der Waals surface area contributed by atoms with Crippen LogP contribution in [0, 0.1) is 10.1 Å². The number of methoxy groups -OCH3 is 1. The van der Waals surface area contributed by atoms with E-state index in [0.29, 0.717) is 6.61 Å². The summed E-state index contributed by atoms with van der Waals surface area (Å²) in [6.07, 6.45) is 0.966. The number of ether oxygens (including phenoxy) is 1. The van der Waals surface area contributed by atoms with Gasteiger partial charge in [-0.1, -0.05) is 6.92 Å². The summed E-state index contributed by atoms with van der Waals surface area (Å²) in [5, 5.41) is 14.2. The second kappa shape index (κ2) is 7.69. The summed E-state index contributed by atoms with van der Waals surface area (Å²) in [7, 11) is 3.55. The second-order valence-electron chi connectivity index (χ2n) is 4.84. The Morgan fingerprint density at radius 1 is 1.45 bits per heavy atom. The van der Waals surface area contributed by atoms with Crippen LogP contribution < -0.4 is 10.2 Å². The SMILES string of the molecule is CCCNc1cc(N(C)C(C)COC)cc([N+](=O)[O-])c1. The molecule has 0 fully saturated rings. The standard InChI is InChI=1S/C14H23N3O3/c1-5-6-15-12-7-13(9-14(8-12)17(18)19)16(3)11(2)10-20-4/h7-9,11,15H,5-6,10H2,1-4H3. The molecule has 0 heterocycles. The minimum absolute atomic E-state index is 0.0950. The number of likely N-dealkylation sites (N-methyl/N-ethyl adjacent to an activating group) is 1. The van der Waals surface area contributed by atoms with Crippen molar-refractivity contribution in [2.75, 3.05) is 37.5 Å². The van der Waals surface area contributed by atoms with Gasteiger partial charge in [0, 0.05) is 50.3 Å². The summed E-state index contributed by atoms with van der Waals surface area (Å²) in [5.74, 6) is 0. The van der Waals surface area contributed by atoms with Crippen LogP contribution in [-0.2, 0) is 4.74 Å². The van der Waals surface area contributed by atoms with Gasteiger partial charge < -0.3 is 15.0 Å². The van der Waals surface area contributed by atoms with E-state index in [0.717, 1.165) is 24.3 Å². The molecule has 0 aliphatic rings. The summed E-state index contributed by atoms with van der Waals surface area (Å²) < 4.78 is 5.13. The number of benzene rings is 1. The number of nitro benzene ring substituents is 1. The van der Waals surface area contributed by atoms with Gasteiger partial charge >= 0.3 is 0 Å². The van der Waals surface area contributed by atoms with Crippen molar-refractivity contribution in [2.24, 2.45) is 0 Å². The molecule has 0 aliphatic carbocycles. The number of nitro groups is 1. The maximum absolute atomic E-state index is 11.0. The molecule has 0 radical (unpaired) electrons. The monoisotopic (exact) mass is 281 g/mol. The predicted molar refractivity (Wildman–Crippen MR) is 81.6 cm³/mol. The third kappa shape index (κ3) is 4.38. The van der Waals surface area contributed by atoms with E-state index in [1.54, 1.807) is 19.2 Å². The fraction of sp³-hybridized carbons (Fsp3) is 0.571. The van der Waals surface area contributed by atoms with E-state index in [9.17, 15) is 10.1 Å². The number of nitrogens with one attached hydrogen (secondary N) is 1. The third-order valence-electron chi connectivity index (χ3n) is 3.17. The normalized spacial score (nSPS) is 12.0. The molecule has 1 rings (SSSR count). The van der Waals surface area contributed by atoms with Crippen LogP contribution in [0.3, 0.4) is 0 Å². The van der Waals surface area contributed by atoms with Crippen molar-refractivity contribution in [3.63, 3.8) is 0 Å². The van der Waals surface area contributed by atoms with Crippen LogP contribution in [-0.4, -0.2) is 38.3 Å². The van der Waals surface area contributed by atoms with Crippen LogP contribution in [0.2, 0.25) is 0 Å². The molecule has 6 heteroatoms. The molecule has 1 aromatic rings. The number of nitrogens with zero attached hydrogens (tertiary/aromatic N) is 2. The molecule has 0 saturated carbocycles. The lowest BCUT2D eigenvalue weighted by Crippen LogP contribution is -2.32. The van der Waals surface area contributed by atoms with Gasteiger partial charge in [-0.3, -0.25) is 10.1 Å². The Morgan fingerprint density at radius 2 is 2.15 bits per heavy atom. The Kier molecular flexibility index (Phi) is 6.24. The van der Waals surface area contributed by atoms with E-state index in [-0.39, 0.29) is 16.7 Å². The highest BCUT2D eigenvalue weighted by atomic mass is 16.6. The van der Waals surface area contributed by atoms with Crippen LogP contribution in [0.25, 0.3) is 0 Å². The molecule has 0 amide bonds. The number of non-ortho nitro benzene ring substituents is 1. The molecule has 1 atom stereocenters. The van der Waals surface area contributed by atoms with Crippen molar-refractivity contribution in [1.82, 2.24) is 0 Å². The van der Waals surface area contributed by atoms with Gasteiger partial charge in [0.25, 0.3) is 5.69 Å².